The predicted molar refractivity (Wildman–Crippen MR) is 111 cm³/mol. The molecule has 0 fully saturated rings. The van der Waals surface area contributed by atoms with Crippen LogP contribution in [0.1, 0.15) is 16.1 Å². The van der Waals surface area contributed by atoms with Gasteiger partial charge in [0.1, 0.15) is 0 Å². The van der Waals surface area contributed by atoms with Gasteiger partial charge in [-0.05, 0) is 47.3 Å². The molecule has 2 heterocycles. The van der Waals surface area contributed by atoms with Crippen molar-refractivity contribution in [3.8, 4) is 5.69 Å². The molecule has 1 amide bonds. The molecule has 12 heteroatoms. The average molecular weight is 439 g/mol. The standard InChI is InChI=1S/C18H13N7O3S2/c1-11-10-29-17(19-11)20-16(26)14-9-13(25(27)28)7-8-15(14)30-18-21-22-23-24(18)12-5-3-2-4-6-12/h2-10H,1H3,(H,19,20,26). The number of nitrogens with zero attached hydrogens (tertiary/aromatic N) is 6. The summed E-state index contributed by atoms with van der Waals surface area (Å²) in [4.78, 5) is 28.2. The molecule has 0 aliphatic carbocycles. The summed E-state index contributed by atoms with van der Waals surface area (Å²) in [5, 5.41) is 28.3. The van der Waals surface area contributed by atoms with Crippen molar-refractivity contribution in [1.29, 1.82) is 0 Å². The Kier molecular flexibility index (Phi) is 5.50. The fourth-order valence-electron chi connectivity index (χ4n) is 2.55. The number of tetrazole rings is 1. The second-order valence-electron chi connectivity index (χ2n) is 6.00. The zero-order valence-corrected chi connectivity index (χ0v) is 17.1. The number of hydrogen-bond donors (Lipinski definition) is 1. The van der Waals surface area contributed by atoms with Crippen molar-refractivity contribution in [2.75, 3.05) is 5.32 Å². The summed E-state index contributed by atoms with van der Waals surface area (Å²) in [6, 6.07) is 13.3. The second-order valence-corrected chi connectivity index (χ2v) is 7.86. The van der Waals surface area contributed by atoms with Gasteiger partial charge < -0.3 is 0 Å². The van der Waals surface area contributed by atoms with Crippen molar-refractivity contribution in [2.24, 2.45) is 0 Å². The number of rotatable bonds is 6. The lowest BCUT2D eigenvalue weighted by atomic mass is 10.2. The number of anilines is 1. The Morgan fingerprint density at radius 3 is 2.73 bits per heavy atom. The first kappa shape index (κ1) is 19.7. The lowest BCUT2D eigenvalue weighted by molar-refractivity contribution is -0.384. The summed E-state index contributed by atoms with van der Waals surface area (Å²) in [6.45, 7) is 1.81. The van der Waals surface area contributed by atoms with E-state index in [1.165, 1.54) is 34.2 Å². The molecule has 0 spiro atoms. The molecule has 1 N–H and O–H groups in total. The van der Waals surface area contributed by atoms with Crippen LogP contribution in [0.25, 0.3) is 5.69 Å². The maximum atomic E-state index is 12.9. The van der Waals surface area contributed by atoms with Gasteiger partial charge in [0.05, 0.1) is 21.9 Å². The van der Waals surface area contributed by atoms with Crippen LogP contribution in [-0.2, 0) is 0 Å². The molecule has 0 saturated carbocycles. The van der Waals surface area contributed by atoms with Gasteiger partial charge in [-0.3, -0.25) is 20.2 Å². The number of aryl methyl sites for hydroxylation is 1. The highest BCUT2D eigenvalue weighted by molar-refractivity contribution is 7.99. The number of thiazole rings is 1. The van der Waals surface area contributed by atoms with Crippen molar-refractivity contribution < 1.29 is 9.72 Å². The third-order valence-electron chi connectivity index (χ3n) is 3.90. The minimum Gasteiger partial charge on any atom is -0.298 e. The number of para-hydroxylation sites is 1. The highest BCUT2D eigenvalue weighted by atomic mass is 32.2. The Labute approximate surface area is 178 Å². The van der Waals surface area contributed by atoms with Crippen LogP contribution in [0.4, 0.5) is 10.8 Å². The Bertz CT molecular complexity index is 1220. The maximum Gasteiger partial charge on any atom is 0.270 e. The van der Waals surface area contributed by atoms with Crippen LogP contribution in [0.15, 0.2) is 64.0 Å². The van der Waals surface area contributed by atoms with Crippen LogP contribution < -0.4 is 5.32 Å². The summed E-state index contributed by atoms with van der Waals surface area (Å²) in [6.07, 6.45) is 0. The van der Waals surface area contributed by atoms with Crippen LogP contribution in [0.3, 0.4) is 0 Å². The van der Waals surface area contributed by atoms with Crippen molar-refractivity contribution >= 4 is 39.8 Å². The third-order valence-corrected chi connectivity index (χ3v) is 5.79. The number of benzene rings is 2. The number of aromatic nitrogens is 5. The number of carbonyl (C=O) groups is 1. The van der Waals surface area contributed by atoms with E-state index in [2.05, 4.69) is 25.8 Å². The van der Waals surface area contributed by atoms with Crippen molar-refractivity contribution in [1.82, 2.24) is 25.2 Å². The molecule has 0 unspecified atom stereocenters. The van der Waals surface area contributed by atoms with E-state index in [1.54, 1.807) is 5.38 Å². The highest BCUT2D eigenvalue weighted by Gasteiger charge is 2.21. The van der Waals surface area contributed by atoms with E-state index in [0.717, 1.165) is 23.1 Å². The van der Waals surface area contributed by atoms with Crippen LogP contribution in [0.5, 0.6) is 0 Å². The normalized spacial score (nSPS) is 10.7. The summed E-state index contributed by atoms with van der Waals surface area (Å²) < 4.78 is 1.53. The van der Waals surface area contributed by atoms with Crippen LogP contribution >= 0.6 is 23.1 Å². The van der Waals surface area contributed by atoms with E-state index in [9.17, 15) is 14.9 Å². The predicted octanol–water partition coefficient (Wildman–Crippen LogP) is 3.74. The fourth-order valence-corrected chi connectivity index (χ4v) is 4.13. The van der Waals surface area contributed by atoms with Gasteiger partial charge in [-0.15, -0.1) is 16.4 Å². The molecule has 0 radical (unpaired) electrons. The number of nitro benzene ring substituents is 1. The van der Waals surface area contributed by atoms with Gasteiger partial charge in [0, 0.05) is 22.4 Å². The quantitative estimate of drug-likeness (QED) is 0.355. The topological polar surface area (TPSA) is 129 Å². The van der Waals surface area contributed by atoms with Crippen molar-refractivity contribution in [3.63, 3.8) is 0 Å². The molecule has 0 atom stereocenters. The summed E-state index contributed by atoms with van der Waals surface area (Å²) in [5.41, 5.74) is 1.45. The second kappa shape index (κ2) is 8.39. The zero-order valence-electron chi connectivity index (χ0n) is 15.4. The van der Waals surface area contributed by atoms with E-state index in [-0.39, 0.29) is 11.3 Å². The van der Waals surface area contributed by atoms with E-state index < -0.39 is 10.8 Å². The number of non-ortho nitro benzene ring substituents is 1. The lowest BCUT2D eigenvalue weighted by Crippen LogP contribution is -2.13. The van der Waals surface area contributed by atoms with E-state index in [1.807, 2.05) is 37.3 Å². The molecule has 30 heavy (non-hydrogen) atoms. The first-order valence-electron chi connectivity index (χ1n) is 8.55. The van der Waals surface area contributed by atoms with Crippen molar-refractivity contribution in [2.45, 2.75) is 17.0 Å². The molecular formula is C18H13N7O3S2. The molecule has 0 aliphatic rings. The molecule has 4 rings (SSSR count). The zero-order chi connectivity index (χ0) is 21.1. The van der Waals surface area contributed by atoms with Gasteiger partial charge in [0.2, 0.25) is 5.16 Å². The minimum atomic E-state index is -0.549. The lowest BCUT2D eigenvalue weighted by Gasteiger charge is -2.09. The SMILES string of the molecule is Cc1csc(NC(=O)c2cc([N+](=O)[O-])ccc2Sc2nnnn2-c2ccccc2)n1. The Morgan fingerprint density at radius 1 is 1.23 bits per heavy atom. The summed E-state index contributed by atoms with van der Waals surface area (Å²) in [5.74, 6) is -0.505. The minimum absolute atomic E-state index is 0.129. The molecule has 4 aromatic rings. The number of carbonyl (C=O) groups excluding carboxylic acids is 1. The highest BCUT2D eigenvalue weighted by Crippen LogP contribution is 2.32. The molecule has 0 saturated heterocycles. The van der Waals surface area contributed by atoms with Gasteiger partial charge in [-0.2, -0.15) is 4.68 Å². The van der Waals surface area contributed by atoms with E-state index in [0.29, 0.717) is 15.2 Å². The Morgan fingerprint density at radius 2 is 2.03 bits per heavy atom. The Balaban J connectivity index is 1.69. The van der Waals surface area contributed by atoms with Crippen LogP contribution in [0.2, 0.25) is 0 Å². The van der Waals surface area contributed by atoms with Gasteiger partial charge in [-0.25, -0.2) is 4.98 Å². The summed E-state index contributed by atoms with van der Waals surface area (Å²) >= 11 is 2.41. The van der Waals surface area contributed by atoms with Gasteiger partial charge in [0.25, 0.3) is 11.6 Å². The first-order chi connectivity index (χ1) is 14.5. The van der Waals surface area contributed by atoms with Gasteiger partial charge in [-0.1, -0.05) is 18.2 Å². The number of amides is 1. The smallest absolute Gasteiger partial charge is 0.270 e. The number of hydrogen-bond acceptors (Lipinski definition) is 9. The first-order valence-corrected chi connectivity index (χ1v) is 10.2. The Hall–Kier alpha value is -3.64. The monoisotopic (exact) mass is 439 g/mol. The molecule has 10 nitrogen and oxygen atoms in total. The van der Waals surface area contributed by atoms with E-state index >= 15 is 0 Å². The average Bonchev–Trinajstić information content (AvgIpc) is 3.37. The van der Waals surface area contributed by atoms with Crippen LogP contribution in [0, 0.1) is 17.0 Å². The largest absolute Gasteiger partial charge is 0.298 e. The van der Waals surface area contributed by atoms with Crippen molar-refractivity contribution in [3.05, 3.63) is 75.3 Å². The number of nitrogens with one attached hydrogen (secondary N) is 1. The molecule has 2 aromatic carbocycles. The fraction of sp³-hybridized carbons (Fsp3) is 0.0556. The molecule has 0 bridgehead atoms. The van der Waals surface area contributed by atoms with Crippen LogP contribution in [-0.4, -0.2) is 36.0 Å². The van der Waals surface area contributed by atoms with Gasteiger partial charge >= 0.3 is 0 Å². The third kappa shape index (κ3) is 4.18. The van der Waals surface area contributed by atoms with E-state index in [4.69, 9.17) is 0 Å². The molecule has 2 aromatic heterocycles. The molecule has 150 valence electrons. The summed E-state index contributed by atoms with van der Waals surface area (Å²) in [7, 11) is 0. The molecular weight excluding hydrogens is 426 g/mol. The van der Waals surface area contributed by atoms with Gasteiger partial charge in [0.15, 0.2) is 5.13 Å². The number of nitro groups is 1. The maximum absolute atomic E-state index is 12.9. The molecule has 0 aliphatic heterocycles.